The van der Waals surface area contributed by atoms with Crippen LogP contribution in [0.1, 0.15) is 31.4 Å². The van der Waals surface area contributed by atoms with Gasteiger partial charge in [-0.1, -0.05) is 18.2 Å². The lowest BCUT2D eigenvalue weighted by Crippen LogP contribution is -2.42. The zero-order chi connectivity index (χ0) is 19.3. The molecule has 1 spiro atoms. The lowest BCUT2D eigenvalue weighted by Gasteiger charge is -2.27. The van der Waals surface area contributed by atoms with Gasteiger partial charge in [0.1, 0.15) is 5.75 Å². The Morgan fingerprint density at radius 1 is 1.36 bits per heavy atom. The van der Waals surface area contributed by atoms with E-state index in [2.05, 4.69) is 48.3 Å². The first-order valence-corrected chi connectivity index (χ1v) is 9.99. The molecule has 0 bridgehead atoms. The molecular weight excluding hydrogens is 467 g/mol. The molecule has 2 aliphatic heterocycles. The Bertz CT molecular complexity index is 647. The van der Waals surface area contributed by atoms with Gasteiger partial charge in [-0.3, -0.25) is 4.99 Å². The molecule has 0 amide bonds. The summed E-state index contributed by atoms with van der Waals surface area (Å²) in [6.07, 6.45) is 2.37. The molecule has 1 N–H and O–H groups in total. The number of benzene rings is 1. The Labute approximate surface area is 186 Å². The second-order valence-electron chi connectivity index (χ2n) is 7.89. The third-order valence-corrected chi connectivity index (χ3v) is 5.79. The largest absolute Gasteiger partial charge is 0.496 e. The van der Waals surface area contributed by atoms with E-state index in [0.29, 0.717) is 12.0 Å². The molecular formula is C21H35IN4O2. The summed E-state index contributed by atoms with van der Waals surface area (Å²) in [6.45, 7) is 7.58. The highest BCUT2D eigenvalue weighted by atomic mass is 127. The number of ether oxygens (including phenoxy) is 2. The van der Waals surface area contributed by atoms with Crippen molar-refractivity contribution in [2.45, 2.75) is 25.8 Å². The summed E-state index contributed by atoms with van der Waals surface area (Å²) in [4.78, 5) is 9.64. The van der Waals surface area contributed by atoms with Crippen LogP contribution in [0.4, 0.5) is 0 Å². The average Bonchev–Trinajstić information content (AvgIpc) is 3.31. The number of aliphatic imine (C=N–C) groups is 1. The SMILES string of the molecule is CCNC(=NCC(c1ccccc1OC)N(C)C)N1CCC2(CCOC2)C1.I. The number of guanidine groups is 1. The minimum atomic E-state index is 0. The Kier molecular flexibility index (Phi) is 8.82. The lowest BCUT2D eigenvalue weighted by molar-refractivity contribution is 0.156. The van der Waals surface area contributed by atoms with Crippen molar-refractivity contribution in [1.82, 2.24) is 15.1 Å². The lowest BCUT2D eigenvalue weighted by atomic mass is 9.87. The fourth-order valence-electron chi connectivity index (χ4n) is 4.17. The molecule has 2 unspecified atom stereocenters. The monoisotopic (exact) mass is 502 g/mol. The van der Waals surface area contributed by atoms with Gasteiger partial charge in [-0.15, -0.1) is 24.0 Å². The molecule has 6 nitrogen and oxygen atoms in total. The molecule has 1 aromatic carbocycles. The van der Waals surface area contributed by atoms with Crippen molar-refractivity contribution in [2.24, 2.45) is 10.4 Å². The van der Waals surface area contributed by atoms with E-state index in [0.717, 1.165) is 44.6 Å². The van der Waals surface area contributed by atoms with Crippen LogP contribution in [0.2, 0.25) is 0 Å². The summed E-state index contributed by atoms with van der Waals surface area (Å²) in [5, 5.41) is 3.49. The van der Waals surface area contributed by atoms with Crippen LogP contribution < -0.4 is 10.1 Å². The molecule has 0 radical (unpaired) electrons. The van der Waals surface area contributed by atoms with Crippen LogP contribution in [-0.4, -0.2) is 76.4 Å². The maximum atomic E-state index is 5.68. The number of methoxy groups -OCH3 is 1. The van der Waals surface area contributed by atoms with Crippen LogP contribution >= 0.6 is 24.0 Å². The summed E-state index contributed by atoms with van der Waals surface area (Å²) in [6, 6.07) is 8.39. The van der Waals surface area contributed by atoms with Crippen molar-refractivity contribution in [3.8, 4) is 5.75 Å². The van der Waals surface area contributed by atoms with Crippen molar-refractivity contribution < 1.29 is 9.47 Å². The summed E-state index contributed by atoms with van der Waals surface area (Å²) < 4.78 is 11.3. The quantitative estimate of drug-likeness (QED) is 0.368. The van der Waals surface area contributed by atoms with Crippen molar-refractivity contribution in [3.63, 3.8) is 0 Å². The normalized spacial score (nSPS) is 23.2. The zero-order valence-electron chi connectivity index (χ0n) is 17.6. The van der Waals surface area contributed by atoms with E-state index >= 15 is 0 Å². The number of nitrogens with zero attached hydrogens (tertiary/aromatic N) is 3. The van der Waals surface area contributed by atoms with Gasteiger partial charge >= 0.3 is 0 Å². The number of rotatable bonds is 6. The maximum Gasteiger partial charge on any atom is 0.194 e. The number of hydrogen-bond acceptors (Lipinski definition) is 4. The third kappa shape index (κ3) is 5.30. The maximum absolute atomic E-state index is 5.68. The summed E-state index contributed by atoms with van der Waals surface area (Å²) in [5.74, 6) is 1.93. The topological polar surface area (TPSA) is 49.3 Å². The van der Waals surface area contributed by atoms with Crippen molar-refractivity contribution in [2.75, 3.05) is 60.6 Å². The van der Waals surface area contributed by atoms with Gasteiger partial charge in [-0.2, -0.15) is 0 Å². The van der Waals surface area contributed by atoms with E-state index in [1.165, 1.54) is 18.4 Å². The number of likely N-dealkylation sites (tertiary alicyclic amines) is 1. The van der Waals surface area contributed by atoms with Gasteiger partial charge in [0.2, 0.25) is 0 Å². The van der Waals surface area contributed by atoms with Gasteiger partial charge in [0.25, 0.3) is 0 Å². The van der Waals surface area contributed by atoms with E-state index in [4.69, 9.17) is 14.5 Å². The third-order valence-electron chi connectivity index (χ3n) is 5.79. The van der Waals surface area contributed by atoms with Crippen LogP contribution in [0, 0.1) is 5.41 Å². The molecule has 2 aliphatic rings. The number of para-hydroxylation sites is 1. The Morgan fingerprint density at radius 3 is 2.79 bits per heavy atom. The molecule has 2 atom stereocenters. The van der Waals surface area contributed by atoms with Gasteiger partial charge in [0, 0.05) is 37.2 Å². The highest BCUT2D eigenvalue weighted by Gasteiger charge is 2.42. The van der Waals surface area contributed by atoms with Crippen molar-refractivity contribution in [3.05, 3.63) is 29.8 Å². The minimum Gasteiger partial charge on any atom is -0.496 e. The van der Waals surface area contributed by atoms with E-state index in [9.17, 15) is 0 Å². The number of likely N-dealkylation sites (N-methyl/N-ethyl adjacent to an activating group) is 1. The van der Waals surface area contributed by atoms with Crippen LogP contribution in [0.3, 0.4) is 0 Å². The van der Waals surface area contributed by atoms with Crippen LogP contribution in [0.5, 0.6) is 5.75 Å². The standard InChI is InChI=1S/C21H34N4O2.HI/c1-5-22-20(25-12-10-21(15-25)11-13-27-16-21)23-14-18(24(2)3)17-8-6-7-9-19(17)26-4;/h6-9,18H,5,10-16H2,1-4H3,(H,22,23);1H. The van der Waals surface area contributed by atoms with Gasteiger partial charge in [-0.05, 0) is 39.9 Å². The molecule has 0 aromatic heterocycles. The first-order chi connectivity index (χ1) is 13.1. The predicted octanol–water partition coefficient (Wildman–Crippen LogP) is 2.99. The number of nitrogens with one attached hydrogen (secondary N) is 1. The van der Waals surface area contributed by atoms with E-state index < -0.39 is 0 Å². The molecule has 2 fully saturated rings. The molecule has 158 valence electrons. The second kappa shape index (κ2) is 10.6. The van der Waals surface area contributed by atoms with Crippen LogP contribution in [0.25, 0.3) is 0 Å². The van der Waals surface area contributed by atoms with Crippen LogP contribution in [-0.2, 0) is 4.74 Å². The Morgan fingerprint density at radius 2 is 2.14 bits per heavy atom. The molecule has 2 saturated heterocycles. The molecule has 0 saturated carbocycles. The molecule has 2 heterocycles. The second-order valence-corrected chi connectivity index (χ2v) is 7.89. The molecule has 1 aromatic rings. The fraction of sp³-hybridized carbons (Fsp3) is 0.667. The highest BCUT2D eigenvalue weighted by Crippen LogP contribution is 2.38. The van der Waals surface area contributed by atoms with Crippen molar-refractivity contribution >= 4 is 29.9 Å². The molecule has 0 aliphatic carbocycles. The zero-order valence-corrected chi connectivity index (χ0v) is 19.9. The molecule has 28 heavy (non-hydrogen) atoms. The summed E-state index contributed by atoms with van der Waals surface area (Å²) in [7, 11) is 5.92. The van der Waals surface area contributed by atoms with E-state index in [1.54, 1.807) is 7.11 Å². The smallest absolute Gasteiger partial charge is 0.194 e. The highest BCUT2D eigenvalue weighted by molar-refractivity contribution is 14.0. The predicted molar refractivity (Wildman–Crippen MR) is 125 cm³/mol. The average molecular weight is 502 g/mol. The van der Waals surface area contributed by atoms with E-state index in [-0.39, 0.29) is 30.0 Å². The minimum absolute atomic E-state index is 0. The number of hydrogen-bond donors (Lipinski definition) is 1. The van der Waals surface area contributed by atoms with Gasteiger partial charge < -0.3 is 24.6 Å². The first kappa shape index (κ1) is 23.2. The van der Waals surface area contributed by atoms with E-state index in [1.807, 2.05) is 12.1 Å². The summed E-state index contributed by atoms with van der Waals surface area (Å²) >= 11 is 0. The van der Waals surface area contributed by atoms with Gasteiger partial charge in [-0.25, -0.2) is 0 Å². The molecule has 3 rings (SSSR count). The first-order valence-electron chi connectivity index (χ1n) is 9.99. The van der Waals surface area contributed by atoms with Crippen LogP contribution in [0.15, 0.2) is 29.3 Å². The van der Waals surface area contributed by atoms with Gasteiger partial charge in [0.05, 0.1) is 26.3 Å². The van der Waals surface area contributed by atoms with Crippen molar-refractivity contribution in [1.29, 1.82) is 0 Å². The number of halogens is 1. The Balaban J connectivity index is 0.00000280. The Hall–Kier alpha value is -1.06. The van der Waals surface area contributed by atoms with Gasteiger partial charge in [0.15, 0.2) is 5.96 Å². The molecule has 7 heteroatoms. The summed E-state index contributed by atoms with van der Waals surface area (Å²) in [5.41, 5.74) is 1.51. The fourth-order valence-corrected chi connectivity index (χ4v) is 4.17.